The molecule has 0 fully saturated rings. The Bertz CT molecular complexity index is 823. The molecule has 2 aromatic rings. The zero-order valence-corrected chi connectivity index (χ0v) is 15.8. The average molecular weight is 369 g/mol. The molecule has 0 aromatic heterocycles. The van der Waals surface area contributed by atoms with Crippen molar-refractivity contribution in [3.8, 4) is 11.5 Å². The van der Waals surface area contributed by atoms with Crippen LogP contribution >= 0.6 is 0 Å². The molecule has 2 aromatic carbocycles. The molecule has 7 nitrogen and oxygen atoms in total. The summed E-state index contributed by atoms with van der Waals surface area (Å²) >= 11 is 0. The zero-order chi connectivity index (χ0) is 19.8. The number of aryl methyl sites for hydroxylation is 1. The molecule has 0 aliphatic carbocycles. The number of ether oxygens (including phenoxy) is 2. The minimum Gasteiger partial charge on any atom is -0.497 e. The van der Waals surface area contributed by atoms with Crippen LogP contribution in [0.15, 0.2) is 47.6 Å². The highest BCUT2D eigenvalue weighted by Crippen LogP contribution is 2.22. The first-order valence-corrected chi connectivity index (χ1v) is 8.34. The molecule has 142 valence electrons. The van der Waals surface area contributed by atoms with Gasteiger partial charge in [-0.15, -0.1) is 0 Å². The minimum atomic E-state index is -0.425. The van der Waals surface area contributed by atoms with Crippen molar-refractivity contribution in [3.05, 3.63) is 53.6 Å². The van der Waals surface area contributed by atoms with Gasteiger partial charge in [0.1, 0.15) is 11.5 Å². The van der Waals surface area contributed by atoms with Gasteiger partial charge in [0.2, 0.25) is 5.91 Å². The zero-order valence-electron chi connectivity index (χ0n) is 15.8. The number of methoxy groups -OCH3 is 2. The number of benzene rings is 2. The third-order valence-corrected chi connectivity index (χ3v) is 3.71. The Morgan fingerprint density at radius 1 is 1.00 bits per heavy atom. The Hall–Kier alpha value is -3.35. The van der Waals surface area contributed by atoms with Gasteiger partial charge in [-0.3, -0.25) is 9.59 Å². The van der Waals surface area contributed by atoms with Gasteiger partial charge in [-0.25, -0.2) is 5.43 Å². The van der Waals surface area contributed by atoms with E-state index in [0.717, 1.165) is 5.56 Å². The van der Waals surface area contributed by atoms with Gasteiger partial charge in [0.05, 0.1) is 20.6 Å². The molecule has 2 amide bonds. The molecule has 0 unspecified atom stereocenters. The van der Waals surface area contributed by atoms with Gasteiger partial charge in [0, 0.05) is 23.0 Å². The van der Waals surface area contributed by atoms with Crippen LogP contribution in [0.2, 0.25) is 0 Å². The number of hydrazone groups is 1. The summed E-state index contributed by atoms with van der Waals surface area (Å²) in [7, 11) is 3.01. The lowest BCUT2D eigenvalue weighted by molar-refractivity contribution is -0.115. The number of nitrogens with one attached hydrogen (secondary N) is 2. The van der Waals surface area contributed by atoms with Crippen LogP contribution < -0.4 is 20.2 Å². The summed E-state index contributed by atoms with van der Waals surface area (Å²) in [5.41, 5.74) is 5.08. The molecule has 0 heterocycles. The molecule has 7 heteroatoms. The third-order valence-electron chi connectivity index (χ3n) is 3.71. The van der Waals surface area contributed by atoms with E-state index in [1.807, 2.05) is 31.2 Å². The van der Waals surface area contributed by atoms with E-state index < -0.39 is 5.91 Å². The Kier molecular flexibility index (Phi) is 6.93. The van der Waals surface area contributed by atoms with Crippen molar-refractivity contribution < 1.29 is 19.1 Å². The second kappa shape index (κ2) is 9.38. The van der Waals surface area contributed by atoms with Crippen LogP contribution in [-0.2, 0) is 4.79 Å². The molecule has 0 spiro atoms. The van der Waals surface area contributed by atoms with Crippen molar-refractivity contribution in [3.63, 3.8) is 0 Å². The highest BCUT2D eigenvalue weighted by atomic mass is 16.5. The van der Waals surface area contributed by atoms with Crippen LogP contribution in [0.5, 0.6) is 11.5 Å². The molecule has 2 N–H and O–H groups in total. The Labute approximate surface area is 158 Å². The fraction of sp³-hybridized carbons (Fsp3) is 0.250. The third kappa shape index (κ3) is 6.14. The monoisotopic (exact) mass is 369 g/mol. The number of hydrogen-bond donors (Lipinski definition) is 2. The molecular weight excluding hydrogens is 346 g/mol. The molecule has 2 rings (SSSR count). The van der Waals surface area contributed by atoms with Gasteiger partial charge in [-0.05, 0) is 38.1 Å². The molecule has 0 saturated carbocycles. The molecule has 0 aliphatic heterocycles. The number of carbonyl (C=O) groups excluding carboxylic acids is 2. The lowest BCUT2D eigenvalue weighted by atomic mass is 10.2. The summed E-state index contributed by atoms with van der Waals surface area (Å²) in [6.07, 6.45) is 0.0651. The number of rotatable bonds is 7. The first-order chi connectivity index (χ1) is 12.9. The van der Waals surface area contributed by atoms with Crippen molar-refractivity contribution in [1.82, 2.24) is 5.43 Å². The summed E-state index contributed by atoms with van der Waals surface area (Å²) in [5, 5.41) is 6.77. The lowest BCUT2D eigenvalue weighted by Gasteiger charge is -2.08. The Morgan fingerprint density at radius 2 is 1.59 bits per heavy atom. The summed E-state index contributed by atoms with van der Waals surface area (Å²) in [6.45, 7) is 3.64. The van der Waals surface area contributed by atoms with Gasteiger partial charge in [-0.2, -0.15) is 5.10 Å². The van der Waals surface area contributed by atoms with E-state index in [4.69, 9.17) is 9.47 Å². The smallest absolute Gasteiger partial charge is 0.271 e. The van der Waals surface area contributed by atoms with Crippen molar-refractivity contribution in [1.29, 1.82) is 0 Å². The number of hydrogen-bond acceptors (Lipinski definition) is 5. The van der Waals surface area contributed by atoms with Crippen LogP contribution in [0.1, 0.15) is 29.3 Å². The van der Waals surface area contributed by atoms with E-state index >= 15 is 0 Å². The van der Waals surface area contributed by atoms with E-state index in [2.05, 4.69) is 15.8 Å². The van der Waals surface area contributed by atoms with E-state index in [1.165, 1.54) is 14.2 Å². The van der Waals surface area contributed by atoms with E-state index in [9.17, 15) is 9.59 Å². The molecule has 0 aliphatic rings. The van der Waals surface area contributed by atoms with E-state index in [1.54, 1.807) is 25.1 Å². The van der Waals surface area contributed by atoms with E-state index in [0.29, 0.717) is 28.5 Å². The summed E-state index contributed by atoms with van der Waals surface area (Å²) < 4.78 is 10.3. The predicted octanol–water partition coefficient (Wildman–Crippen LogP) is 3.15. The Balaban J connectivity index is 1.95. The number of amides is 2. The van der Waals surface area contributed by atoms with Gasteiger partial charge < -0.3 is 14.8 Å². The van der Waals surface area contributed by atoms with Crippen LogP contribution in [0.4, 0.5) is 5.69 Å². The fourth-order valence-electron chi connectivity index (χ4n) is 2.26. The van der Waals surface area contributed by atoms with Crippen LogP contribution in [0.3, 0.4) is 0 Å². The quantitative estimate of drug-likeness (QED) is 0.580. The second-order valence-electron chi connectivity index (χ2n) is 5.98. The largest absolute Gasteiger partial charge is 0.497 e. The van der Waals surface area contributed by atoms with Gasteiger partial charge >= 0.3 is 0 Å². The van der Waals surface area contributed by atoms with Gasteiger partial charge in [0.15, 0.2) is 0 Å². The normalized spacial score (nSPS) is 10.9. The first kappa shape index (κ1) is 20.0. The van der Waals surface area contributed by atoms with Gasteiger partial charge in [-0.1, -0.05) is 17.7 Å². The highest BCUT2D eigenvalue weighted by molar-refractivity contribution is 6.06. The number of carbonyl (C=O) groups is 2. The SMILES string of the molecule is COc1cc(OC)cc(C(=O)NN=C(C)CC(=O)Nc2ccc(C)cc2)c1. The van der Waals surface area contributed by atoms with Crippen LogP contribution in [-0.4, -0.2) is 31.7 Å². The average Bonchev–Trinajstić information content (AvgIpc) is 2.67. The maximum absolute atomic E-state index is 12.3. The van der Waals surface area contributed by atoms with Crippen molar-refractivity contribution in [2.45, 2.75) is 20.3 Å². The molecule has 0 radical (unpaired) electrons. The molecule has 0 saturated heterocycles. The number of nitrogens with zero attached hydrogens (tertiary/aromatic N) is 1. The lowest BCUT2D eigenvalue weighted by Crippen LogP contribution is -2.21. The fourth-order valence-corrected chi connectivity index (χ4v) is 2.26. The summed E-state index contributed by atoms with van der Waals surface area (Å²) in [4.78, 5) is 24.3. The maximum Gasteiger partial charge on any atom is 0.271 e. The summed E-state index contributed by atoms with van der Waals surface area (Å²) in [5.74, 6) is 0.359. The summed E-state index contributed by atoms with van der Waals surface area (Å²) in [6, 6.07) is 12.3. The first-order valence-electron chi connectivity index (χ1n) is 8.34. The van der Waals surface area contributed by atoms with Crippen molar-refractivity contribution in [2.24, 2.45) is 5.10 Å². The molecule has 27 heavy (non-hydrogen) atoms. The minimum absolute atomic E-state index is 0.0651. The van der Waals surface area contributed by atoms with Crippen molar-refractivity contribution >= 4 is 23.2 Å². The molecule has 0 atom stereocenters. The predicted molar refractivity (Wildman–Crippen MR) is 105 cm³/mol. The topological polar surface area (TPSA) is 89.0 Å². The standard InChI is InChI=1S/C20H23N3O4/c1-13-5-7-16(8-6-13)21-19(24)9-14(2)22-23-20(25)15-10-17(26-3)12-18(11-15)27-4/h5-8,10-12H,9H2,1-4H3,(H,21,24)(H,23,25). The second-order valence-corrected chi connectivity index (χ2v) is 5.98. The Morgan fingerprint density at radius 3 is 2.15 bits per heavy atom. The highest BCUT2D eigenvalue weighted by Gasteiger charge is 2.10. The van der Waals surface area contributed by atoms with Crippen LogP contribution in [0.25, 0.3) is 0 Å². The molecular formula is C20H23N3O4. The maximum atomic E-state index is 12.3. The van der Waals surface area contributed by atoms with E-state index in [-0.39, 0.29) is 12.3 Å². The van der Waals surface area contributed by atoms with Gasteiger partial charge in [0.25, 0.3) is 5.91 Å². The van der Waals surface area contributed by atoms with Crippen molar-refractivity contribution in [2.75, 3.05) is 19.5 Å². The molecule has 0 bridgehead atoms. The number of anilines is 1. The van der Waals surface area contributed by atoms with Crippen LogP contribution in [0, 0.1) is 6.92 Å².